The Hall–Kier alpha value is -0.650. The van der Waals surface area contributed by atoms with Gasteiger partial charge in [-0.2, -0.15) is 0 Å². The van der Waals surface area contributed by atoms with Crippen molar-refractivity contribution in [2.75, 3.05) is 47.1 Å². The Bertz CT molecular complexity index is 264. The van der Waals surface area contributed by atoms with Crippen LogP contribution in [0.3, 0.4) is 0 Å². The maximum atomic E-state index is 12.3. The van der Waals surface area contributed by atoms with Crippen LogP contribution >= 0.6 is 0 Å². The van der Waals surface area contributed by atoms with E-state index in [1.807, 2.05) is 0 Å². The number of ether oxygens (including phenoxy) is 3. The highest BCUT2D eigenvalue weighted by Crippen LogP contribution is 2.16. The van der Waals surface area contributed by atoms with Gasteiger partial charge in [0, 0.05) is 27.3 Å². The summed E-state index contributed by atoms with van der Waals surface area (Å²) < 4.78 is 16.0. The van der Waals surface area contributed by atoms with Crippen LogP contribution in [0, 0.1) is 11.8 Å². The van der Waals surface area contributed by atoms with E-state index in [1.165, 1.54) is 0 Å². The lowest BCUT2D eigenvalue weighted by Gasteiger charge is -2.25. The zero-order chi connectivity index (χ0) is 17.0. The second kappa shape index (κ2) is 12.9. The molecule has 0 radical (unpaired) electrons. The molecule has 1 amide bonds. The molecule has 22 heavy (non-hydrogen) atoms. The third kappa shape index (κ3) is 11.0. The normalized spacial score (nSPS) is 11.7. The molecule has 0 bridgehead atoms. The highest BCUT2D eigenvalue weighted by Gasteiger charge is 2.18. The first-order chi connectivity index (χ1) is 10.4. The summed E-state index contributed by atoms with van der Waals surface area (Å²) in [6.45, 7) is 11.1. The van der Waals surface area contributed by atoms with Gasteiger partial charge < -0.3 is 19.1 Å². The van der Waals surface area contributed by atoms with Gasteiger partial charge in [0.05, 0.1) is 19.3 Å². The lowest BCUT2D eigenvalue weighted by molar-refractivity contribution is -0.140. The molecule has 0 aliphatic carbocycles. The van der Waals surface area contributed by atoms with E-state index in [4.69, 9.17) is 14.2 Å². The average molecular weight is 317 g/mol. The molecule has 0 saturated carbocycles. The lowest BCUT2D eigenvalue weighted by Crippen LogP contribution is -2.39. The summed E-state index contributed by atoms with van der Waals surface area (Å²) in [6.07, 6.45) is 2.12. The van der Waals surface area contributed by atoms with Crippen molar-refractivity contribution in [1.82, 2.24) is 4.90 Å². The van der Waals surface area contributed by atoms with E-state index in [1.54, 1.807) is 19.1 Å². The van der Waals surface area contributed by atoms with Crippen molar-refractivity contribution in [3.63, 3.8) is 0 Å². The van der Waals surface area contributed by atoms with Gasteiger partial charge in [0.25, 0.3) is 0 Å². The van der Waals surface area contributed by atoms with Crippen molar-refractivity contribution >= 4 is 5.91 Å². The Morgan fingerprint density at radius 3 is 1.73 bits per heavy atom. The number of rotatable bonds is 13. The maximum Gasteiger partial charge on any atom is 0.248 e. The van der Waals surface area contributed by atoms with Crippen LogP contribution < -0.4 is 0 Å². The third-order valence-electron chi connectivity index (χ3n) is 3.39. The Kier molecular flexibility index (Phi) is 12.5. The van der Waals surface area contributed by atoms with E-state index in [0.29, 0.717) is 38.1 Å². The zero-order valence-electron chi connectivity index (χ0n) is 15.3. The fourth-order valence-electron chi connectivity index (χ4n) is 2.33. The molecule has 5 heteroatoms. The van der Waals surface area contributed by atoms with Crippen LogP contribution in [0.4, 0.5) is 0 Å². The summed E-state index contributed by atoms with van der Waals surface area (Å²) in [4.78, 5) is 14.1. The molecule has 0 rings (SSSR count). The first-order valence-corrected chi connectivity index (χ1v) is 8.27. The Morgan fingerprint density at radius 1 is 0.909 bits per heavy atom. The summed E-state index contributed by atoms with van der Waals surface area (Å²) in [7, 11) is 3.27. The molecule has 0 aliphatic heterocycles. The first-order valence-electron chi connectivity index (χ1n) is 8.27. The summed E-state index contributed by atoms with van der Waals surface area (Å²) in [5.41, 5.74) is 0. The van der Waals surface area contributed by atoms with Gasteiger partial charge in [0.2, 0.25) is 5.91 Å². The van der Waals surface area contributed by atoms with Crippen LogP contribution in [0.5, 0.6) is 0 Å². The molecule has 0 saturated heterocycles. The molecule has 5 nitrogen and oxygen atoms in total. The topological polar surface area (TPSA) is 48.0 Å². The van der Waals surface area contributed by atoms with E-state index < -0.39 is 0 Å². The third-order valence-corrected chi connectivity index (χ3v) is 3.39. The molecule has 0 unspecified atom stereocenters. The van der Waals surface area contributed by atoms with Crippen molar-refractivity contribution in [2.24, 2.45) is 11.8 Å². The number of carbonyl (C=O) groups is 1. The van der Waals surface area contributed by atoms with Gasteiger partial charge in [-0.05, 0) is 24.7 Å². The van der Waals surface area contributed by atoms with Crippen molar-refractivity contribution in [3.05, 3.63) is 0 Å². The monoisotopic (exact) mass is 317 g/mol. The minimum absolute atomic E-state index is 0.00612. The number of carbonyl (C=O) groups excluding carboxylic acids is 1. The predicted molar refractivity (Wildman–Crippen MR) is 89.0 cm³/mol. The SMILES string of the molecule is COCCN(CCOC)C(=O)COC(CC(C)C)CC(C)C. The number of nitrogens with zero attached hydrogens (tertiary/aromatic N) is 1. The van der Waals surface area contributed by atoms with Crippen molar-refractivity contribution in [1.29, 1.82) is 0 Å². The molecule has 0 spiro atoms. The lowest BCUT2D eigenvalue weighted by atomic mass is 9.98. The molecule has 0 fully saturated rings. The second-order valence-corrected chi connectivity index (χ2v) is 6.56. The van der Waals surface area contributed by atoms with Gasteiger partial charge in [-0.1, -0.05) is 27.7 Å². The molecule has 0 atom stereocenters. The highest BCUT2D eigenvalue weighted by molar-refractivity contribution is 5.77. The van der Waals surface area contributed by atoms with Crippen LogP contribution in [-0.4, -0.2) is 64.0 Å². The van der Waals surface area contributed by atoms with Gasteiger partial charge >= 0.3 is 0 Å². The average Bonchev–Trinajstić information content (AvgIpc) is 2.43. The van der Waals surface area contributed by atoms with Crippen LogP contribution in [0.2, 0.25) is 0 Å². The van der Waals surface area contributed by atoms with Crippen molar-refractivity contribution in [3.8, 4) is 0 Å². The van der Waals surface area contributed by atoms with Crippen LogP contribution in [0.15, 0.2) is 0 Å². The summed E-state index contributed by atoms with van der Waals surface area (Å²) >= 11 is 0. The van der Waals surface area contributed by atoms with E-state index in [2.05, 4.69) is 27.7 Å². The smallest absolute Gasteiger partial charge is 0.248 e. The number of hydrogen-bond acceptors (Lipinski definition) is 4. The Morgan fingerprint density at radius 2 is 1.36 bits per heavy atom. The van der Waals surface area contributed by atoms with Crippen molar-refractivity contribution < 1.29 is 19.0 Å². The largest absolute Gasteiger partial charge is 0.383 e. The Balaban J connectivity index is 4.40. The van der Waals surface area contributed by atoms with Gasteiger partial charge in [0.15, 0.2) is 0 Å². The second-order valence-electron chi connectivity index (χ2n) is 6.56. The quantitative estimate of drug-likeness (QED) is 0.524. The molecule has 0 aromatic heterocycles. The van der Waals surface area contributed by atoms with E-state index >= 15 is 0 Å². The highest BCUT2D eigenvalue weighted by atomic mass is 16.5. The minimum atomic E-state index is 0.00612. The van der Waals surface area contributed by atoms with Gasteiger partial charge in [0.1, 0.15) is 6.61 Å². The van der Waals surface area contributed by atoms with Gasteiger partial charge in [-0.15, -0.1) is 0 Å². The number of amides is 1. The summed E-state index contributed by atoms with van der Waals surface area (Å²) in [6, 6.07) is 0. The van der Waals surface area contributed by atoms with Gasteiger partial charge in [-0.3, -0.25) is 4.79 Å². The molecular weight excluding hydrogens is 282 g/mol. The van der Waals surface area contributed by atoms with Gasteiger partial charge in [-0.25, -0.2) is 0 Å². The molecule has 0 aliphatic rings. The molecular formula is C17H35NO4. The predicted octanol–water partition coefficient (Wildman–Crippen LogP) is 2.59. The van der Waals surface area contributed by atoms with Crippen LogP contribution in [0.25, 0.3) is 0 Å². The summed E-state index contributed by atoms with van der Waals surface area (Å²) in [5, 5.41) is 0. The number of methoxy groups -OCH3 is 2. The zero-order valence-corrected chi connectivity index (χ0v) is 15.3. The molecule has 0 heterocycles. The Labute approximate surface area is 136 Å². The minimum Gasteiger partial charge on any atom is -0.383 e. The fourth-order valence-corrected chi connectivity index (χ4v) is 2.33. The van der Waals surface area contributed by atoms with E-state index in [0.717, 1.165) is 12.8 Å². The maximum absolute atomic E-state index is 12.3. The number of hydrogen-bond donors (Lipinski definition) is 0. The first kappa shape index (κ1) is 21.4. The standard InChI is InChI=1S/C17H35NO4/c1-14(2)11-16(12-15(3)4)22-13-17(19)18(7-9-20-5)8-10-21-6/h14-16H,7-13H2,1-6H3. The van der Waals surface area contributed by atoms with E-state index in [9.17, 15) is 4.79 Å². The van der Waals surface area contributed by atoms with Crippen molar-refractivity contribution in [2.45, 2.75) is 46.6 Å². The summed E-state index contributed by atoms with van der Waals surface area (Å²) in [5.74, 6) is 1.14. The fraction of sp³-hybridized carbons (Fsp3) is 0.941. The molecule has 0 aromatic carbocycles. The van der Waals surface area contributed by atoms with Crippen LogP contribution in [-0.2, 0) is 19.0 Å². The van der Waals surface area contributed by atoms with Crippen LogP contribution in [0.1, 0.15) is 40.5 Å². The molecule has 132 valence electrons. The molecule has 0 N–H and O–H groups in total. The molecule has 0 aromatic rings. The van der Waals surface area contributed by atoms with E-state index in [-0.39, 0.29) is 18.6 Å².